The number of hydrogen-bond acceptors (Lipinski definition) is 8. The first-order chi connectivity index (χ1) is 18.5. The zero-order valence-electron chi connectivity index (χ0n) is 23.6. The summed E-state index contributed by atoms with van der Waals surface area (Å²) in [6, 6.07) is 2.77. The van der Waals surface area contributed by atoms with Crippen LogP contribution in [0, 0.1) is 18.7 Å². The maximum Gasteiger partial charge on any atom is 0.422 e. The van der Waals surface area contributed by atoms with Crippen LogP contribution < -0.4 is 21.0 Å². The Hall–Kier alpha value is -2.92. The number of anilines is 2. The summed E-state index contributed by atoms with van der Waals surface area (Å²) in [5.74, 6) is -0.317. The molecule has 0 bridgehead atoms. The minimum atomic E-state index is -0.538. The molecule has 216 valence electrons. The number of imide groups is 1. The molecule has 1 atom stereocenters. The molecule has 0 radical (unpaired) electrons. The van der Waals surface area contributed by atoms with Crippen LogP contribution in [0.15, 0.2) is 12.1 Å². The van der Waals surface area contributed by atoms with Gasteiger partial charge in [-0.15, -0.1) is 0 Å². The van der Waals surface area contributed by atoms with E-state index in [4.69, 9.17) is 4.74 Å². The number of nitrogens with zero attached hydrogens (tertiary/aromatic N) is 3. The Morgan fingerprint density at radius 2 is 1.77 bits per heavy atom. The molecule has 3 saturated heterocycles. The lowest BCUT2D eigenvalue weighted by molar-refractivity contribution is -0.133. The number of amides is 3. The summed E-state index contributed by atoms with van der Waals surface area (Å²) >= 11 is 0. The third-order valence-corrected chi connectivity index (χ3v) is 7.69. The molecule has 10 nitrogen and oxygen atoms in total. The van der Waals surface area contributed by atoms with Crippen molar-refractivity contribution in [3.05, 3.63) is 23.5 Å². The van der Waals surface area contributed by atoms with Crippen molar-refractivity contribution in [3.63, 3.8) is 0 Å². The molecular weight excluding hydrogens is 503 g/mol. The zero-order valence-corrected chi connectivity index (χ0v) is 23.6. The second kappa shape index (κ2) is 12.5. The number of carbonyl (C=O) groups excluding carboxylic acids is 3. The maximum atomic E-state index is 15.1. The van der Waals surface area contributed by atoms with E-state index < -0.39 is 17.7 Å². The molecule has 3 amide bonds. The molecule has 0 aliphatic carbocycles. The highest BCUT2D eigenvalue weighted by molar-refractivity contribution is 6.01. The number of piperazine rings is 1. The van der Waals surface area contributed by atoms with E-state index in [0.717, 1.165) is 70.6 Å². The Morgan fingerprint density at radius 3 is 2.41 bits per heavy atom. The number of benzene rings is 1. The Labute approximate surface area is 230 Å². The van der Waals surface area contributed by atoms with E-state index in [2.05, 4.69) is 25.9 Å². The van der Waals surface area contributed by atoms with Gasteiger partial charge in [0.25, 0.3) is 0 Å². The number of piperidine rings is 2. The molecule has 1 unspecified atom stereocenters. The van der Waals surface area contributed by atoms with Gasteiger partial charge in [-0.3, -0.25) is 25.2 Å². The Morgan fingerprint density at radius 1 is 1.08 bits per heavy atom. The number of rotatable bonds is 7. The largest absolute Gasteiger partial charge is 0.443 e. The smallest absolute Gasteiger partial charge is 0.422 e. The fourth-order valence-electron chi connectivity index (χ4n) is 5.42. The molecule has 4 rings (SSSR count). The average Bonchev–Trinajstić information content (AvgIpc) is 2.86. The molecule has 11 heteroatoms. The highest BCUT2D eigenvalue weighted by atomic mass is 19.1. The number of ether oxygens (including phenoxy) is 1. The van der Waals surface area contributed by atoms with Crippen LogP contribution in [-0.4, -0.2) is 85.3 Å². The highest BCUT2D eigenvalue weighted by Gasteiger charge is 2.28. The minimum absolute atomic E-state index is 0.270. The average molecular weight is 547 g/mol. The Bertz CT molecular complexity index is 1050. The van der Waals surface area contributed by atoms with Crippen LogP contribution in [0.4, 0.5) is 20.6 Å². The number of nitrogens with one attached hydrogen (secondary N) is 3. The van der Waals surface area contributed by atoms with Crippen LogP contribution in [0.2, 0.25) is 0 Å². The lowest BCUT2D eigenvalue weighted by Crippen LogP contribution is -2.49. The van der Waals surface area contributed by atoms with Crippen LogP contribution in [0.5, 0.6) is 0 Å². The highest BCUT2D eigenvalue weighted by Crippen LogP contribution is 2.29. The van der Waals surface area contributed by atoms with Gasteiger partial charge in [0.1, 0.15) is 17.5 Å². The number of aryl methyl sites for hydroxylation is 1. The van der Waals surface area contributed by atoms with Gasteiger partial charge in [-0.2, -0.15) is 0 Å². The van der Waals surface area contributed by atoms with Gasteiger partial charge in [0.05, 0.1) is 5.69 Å². The molecule has 3 fully saturated rings. The van der Waals surface area contributed by atoms with Gasteiger partial charge >= 0.3 is 6.09 Å². The lowest BCUT2D eigenvalue weighted by atomic mass is 9.94. The number of halogens is 1. The minimum Gasteiger partial charge on any atom is -0.443 e. The van der Waals surface area contributed by atoms with Crippen molar-refractivity contribution in [2.75, 3.05) is 56.0 Å². The molecule has 39 heavy (non-hydrogen) atoms. The van der Waals surface area contributed by atoms with Crippen LogP contribution >= 0.6 is 0 Å². The molecule has 0 spiro atoms. The molecule has 1 aromatic carbocycles. The first-order valence-electron chi connectivity index (χ1n) is 14.1. The van der Waals surface area contributed by atoms with E-state index in [1.54, 1.807) is 0 Å². The van der Waals surface area contributed by atoms with Gasteiger partial charge in [0.15, 0.2) is 0 Å². The van der Waals surface area contributed by atoms with Gasteiger partial charge in [-0.05, 0) is 83.5 Å². The van der Waals surface area contributed by atoms with Gasteiger partial charge in [-0.25, -0.2) is 14.2 Å². The van der Waals surface area contributed by atoms with Crippen molar-refractivity contribution in [2.45, 2.75) is 71.4 Å². The van der Waals surface area contributed by atoms with Crippen molar-refractivity contribution < 1.29 is 23.5 Å². The molecular formula is C28H43FN6O4. The fraction of sp³-hybridized carbons (Fsp3) is 0.679. The molecule has 3 N–H and O–H groups in total. The molecule has 1 aromatic rings. The second-order valence-electron chi connectivity index (χ2n) is 11.9. The van der Waals surface area contributed by atoms with Crippen LogP contribution in [0.25, 0.3) is 0 Å². The van der Waals surface area contributed by atoms with Crippen molar-refractivity contribution in [1.82, 2.24) is 20.7 Å². The second-order valence-corrected chi connectivity index (χ2v) is 11.9. The molecule has 3 aliphatic rings. The van der Waals surface area contributed by atoms with E-state index >= 15 is 4.39 Å². The van der Waals surface area contributed by atoms with Crippen molar-refractivity contribution in [3.8, 4) is 0 Å². The van der Waals surface area contributed by atoms with Crippen LogP contribution in [0.1, 0.15) is 58.4 Å². The van der Waals surface area contributed by atoms with Crippen molar-refractivity contribution in [1.29, 1.82) is 0 Å². The monoisotopic (exact) mass is 546 g/mol. The summed E-state index contributed by atoms with van der Waals surface area (Å²) in [4.78, 5) is 40.0. The van der Waals surface area contributed by atoms with Gasteiger partial charge < -0.3 is 15.0 Å². The van der Waals surface area contributed by atoms with E-state index in [-0.39, 0.29) is 24.1 Å². The number of hydrogen-bond donors (Lipinski definition) is 3. The lowest BCUT2D eigenvalue weighted by Gasteiger charge is -2.38. The first-order valence-corrected chi connectivity index (χ1v) is 14.1. The quantitative estimate of drug-likeness (QED) is 0.449. The third-order valence-electron chi connectivity index (χ3n) is 7.69. The van der Waals surface area contributed by atoms with Gasteiger partial charge in [0, 0.05) is 51.4 Å². The molecule has 0 aromatic heterocycles. The Balaban J connectivity index is 1.19. The van der Waals surface area contributed by atoms with Gasteiger partial charge in [-0.1, -0.05) is 0 Å². The normalized spacial score (nSPS) is 22.0. The summed E-state index contributed by atoms with van der Waals surface area (Å²) in [6.07, 6.45) is 3.48. The summed E-state index contributed by atoms with van der Waals surface area (Å²) in [7, 11) is 0. The maximum absolute atomic E-state index is 15.1. The van der Waals surface area contributed by atoms with Gasteiger partial charge in [0.2, 0.25) is 11.8 Å². The van der Waals surface area contributed by atoms with E-state index in [1.165, 1.54) is 6.07 Å². The fourth-order valence-corrected chi connectivity index (χ4v) is 5.42. The summed E-state index contributed by atoms with van der Waals surface area (Å²) in [6.45, 7) is 13.4. The number of hydrazine groups is 1. The number of carbonyl (C=O) groups is 3. The van der Waals surface area contributed by atoms with E-state index in [9.17, 15) is 14.4 Å². The summed E-state index contributed by atoms with van der Waals surface area (Å²) in [5, 5.41) is 7.38. The summed E-state index contributed by atoms with van der Waals surface area (Å²) in [5.41, 5.74) is 4.38. The SMILES string of the molecule is Cc1cc(N2CCN(CCC3CCN(NC(=O)OC(C)(C)C)CC3)CC2)c(F)cc1NC1CCC(=O)NC1=O. The standard InChI is InChI=1S/C28H43FN6O4/c1-19-17-24(21(29)18-23(19)30-22-5-6-25(36)31-26(22)37)34-15-13-33(14-16-34)10-7-20-8-11-35(12-9-20)32-27(38)39-28(2,3)4/h17-18,20,22,30H,5-16H2,1-4H3,(H,32,38)(H,31,36,37). The van der Waals surface area contributed by atoms with E-state index in [1.807, 2.05) is 38.8 Å². The first kappa shape index (κ1) is 29.1. The molecule has 3 heterocycles. The summed E-state index contributed by atoms with van der Waals surface area (Å²) < 4.78 is 20.5. The third kappa shape index (κ3) is 8.28. The van der Waals surface area contributed by atoms with Crippen LogP contribution in [0.3, 0.4) is 0 Å². The predicted molar refractivity (Wildman–Crippen MR) is 148 cm³/mol. The van der Waals surface area contributed by atoms with Crippen LogP contribution in [-0.2, 0) is 14.3 Å². The predicted octanol–water partition coefficient (Wildman–Crippen LogP) is 3.02. The van der Waals surface area contributed by atoms with Crippen molar-refractivity contribution >= 4 is 29.3 Å². The van der Waals surface area contributed by atoms with Crippen molar-refractivity contribution in [2.24, 2.45) is 5.92 Å². The topological polar surface area (TPSA) is 106 Å². The Kier molecular flexibility index (Phi) is 9.32. The molecule has 3 aliphatic heterocycles. The molecule has 0 saturated carbocycles. The van der Waals surface area contributed by atoms with E-state index in [0.29, 0.717) is 23.7 Å². The zero-order chi connectivity index (χ0) is 28.2.